The first-order valence-electron chi connectivity index (χ1n) is 10.3. The number of carbonyl (C=O) groups is 1. The number of ether oxygens (including phenoxy) is 1. The van der Waals surface area contributed by atoms with Crippen LogP contribution in [0.1, 0.15) is 24.8 Å². The Morgan fingerprint density at radius 1 is 1.25 bits per heavy atom. The van der Waals surface area contributed by atoms with E-state index in [1.165, 1.54) is 11.2 Å². The van der Waals surface area contributed by atoms with Gasteiger partial charge in [-0.15, -0.1) is 0 Å². The van der Waals surface area contributed by atoms with Gasteiger partial charge in [0, 0.05) is 18.9 Å². The average molecular weight is 457 g/mol. The molecule has 1 saturated carbocycles. The number of rotatable bonds is 3. The van der Waals surface area contributed by atoms with Crippen LogP contribution < -0.4 is 4.90 Å². The van der Waals surface area contributed by atoms with E-state index in [0.717, 1.165) is 0 Å². The van der Waals surface area contributed by atoms with Crippen molar-refractivity contribution in [2.45, 2.75) is 37.3 Å². The Labute approximate surface area is 188 Å². The first-order chi connectivity index (χ1) is 15.3. The minimum Gasteiger partial charge on any atom is -0.441 e. The molecule has 2 aliphatic rings. The van der Waals surface area contributed by atoms with Crippen LogP contribution in [0.25, 0.3) is 11.0 Å². The summed E-state index contributed by atoms with van der Waals surface area (Å²) in [5.74, 6) is -3.97. The van der Waals surface area contributed by atoms with E-state index in [4.69, 9.17) is 16.3 Å². The second kappa shape index (κ2) is 7.45. The number of fused-ring (bicyclic) bond motifs is 1. The molecule has 1 aliphatic carbocycles. The highest BCUT2D eigenvalue weighted by Crippen LogP contribution is 2.48. The zero-order valence-corrected chi connectivity index (χ0v) is 17.7. The molecule has 2 atom stereocenters. The molecule has 164 valence electrons. The molecule has 0 bridgehead atoms. The first-order valence-corrected chi connectivity index (χ1v) is 10.7. The molecule has 5 rings (SSSR count). The number of amides is 1. The number of hydrogen-bond acceptors (Lipinski definition) is 4. The maximum atomic E-state index is 15.0. The van der Waals surface area contributed by atoms with E-state index in [1.54, 1.807) is 47.0 Å². The Balaban J connectivity index is 1.43. The van der Waals surface area contributed by atoms with E-state index in [2.05, 4.69) is 11.1 Å². The SMILES string of the molecule is N#Cc1ccc2ncn(CC3C[C@@]4(CCC3(F)F)CN(c3ccccc3Cl)C(=O)O4)c2c1. The van der Waals surface area contributed by atoms with Crippen molar-refractivity contribution >= 4 is 34.4 Å². The van der Waals surface area contributed by atoms with Gasteiger partial charge in [0.1, 0.15) is 5.60 Å². The Morgan fingerprint density at radius 3 is 2.84 bits per heavy atom. The van der Waals surface area contributed by atoms with Gasteiger partial charge in [-0.2, -0.15) is 5.26 Å². The van der Waals surface area contributed by atoms with E-state index in [1.807, 2.05) is 0 Å². The second-order valence-corrected chi connectivity index (χ2v) is 8.87. The third-order valence-electron chi connectivity index (χ3n) is 6.41. The molecule has 1 spiro atoms. The number of benzene rings is 2. The zero-order valence-electron chi connectivity index (χ0n) is 17.0. The van der Waals surface area contributed by atoms with Crippen LogP contribution in [0.3, 0.4) is 0 Å². The summed E-state index contributed by atoms with van der Waals surface area (Å²) in [7, 11) is 0. The summed E-state index contributed by atoms with van der Waals surface area (Å²) < 4.78 is 37.3. The van der Waals surface area contributed by atoms with Gasteiger partial charge in [0.15, 0.2) is 0 Å². The Bertz CT molecular complexity index is 1250. The minimum absolute atomic E-state index is 0.00375. The third kappa shape index (κ3) is 3.47. The van der Waals surface area contributed by atoms with Crippen molar-refractivity contribution in [2.75, 3.05) is 11.4 Å². The van der Waals surface area contributed by atoms with Crippen LogP contribution in [-0.2, 0) is 11.3 Å². The van der Waals surface area contributed by atoms with Gasteiger partial charge in [-0.25, -0.2) is 18.6 Å². The molecular weight excluding hydrogens is 438 g/mol. The maximum Gasteiger partial charge on any atom is 0.415 e. The standard InChI is InChI=1S/C23H19ClF2N4O2/c24-17-3-1-2-4-19(17)30-13-22(32-21(30)31)7-8-23(25,26)16(10-22)12-29-14-28-18-6-5-15(11-27)9-20(18)29/h1-6,9,14,16H,7-8,10,12-13H2/t16?,22-/m0/s1. The molecule has 1 aromatic heterocycles. The van der Waals surface area contributed by atoms with Crippen molar-refractivity contribution < 1.29 is 18.3 Å². The summed E-state index contributed by atoms with van der Waals surface area (Å²) in [4.78, 5) is 18.3. The highest BCUT2D eigenvalue weighted by atomic mass is 35.5. The first kappa shape index (κ1) is 20.7. The lowest BCUT2D eigenvalue weighted by Crippen LogP contribution is -2.48. The molecule has 1 unspecified atom stereocenters. The van der Waals surface area contributed by atoms with E-state index in [9.17, 15) is 18.8 Å². The van der Waals surface area contributed by atoms with Crippen LogP contribution in [0.2, 0.25) is 5.02 Å². The molecule has 0 radical (unpaired) electrons. The Kier molecular flexibility index (Phi) is 4.82. The number of anilines is 1. The summed E-state index contributed by atoms with van der Waals surface area (Å²) in [6, 6.07) is 14.0. The molecule has 3 aromatic rings. The molecule has 2 aromatic carbocycles. The molecule has 1 amide bonds. The van der Waals surface area contributed by atoms with Crippen molar-refractivity contribution in [3.05, 3.63) is 59.4 Å². The smallest absolute Gasteiger partial charge is 0.415 e. The molecular formula is C23H19ClF2N4O2. The number of alkyl halides is 2. The molecule has 1 aliphatic heterocycles. The van der Waals surface area contributed by atoms with Gasteiger partial charge in [0.2, 0.25) is 0 Å². The van der Waals surface area contributed by atoms with Crippen LogP contribution in [0, 0.1) is 17.2 Å². The van der Waals surface area contributed by atoms with E-state index in [0.29, 0.717) is 27.3 Å². The number of imidazole rings is 1. The molecule has 6 nitrogen and oxygen atoms in total. The summed E-state index contributed by atoms with van der Waals surface area (Å²) in [6.07, 6.45) is 0.655. The molecule has 9 heteroatoms. The van der Waals surface area contributed by atoms with Crippen molar-refractivity contribution in [3.63, 3.8) is 0 Å². The lowest BCUT2D eigenvalue weighted by atomic mass is 9.75. The van der Waals surface area contributed by atoms with Gasteiger partial charge < -0.3 is 9.30 Å². The molecule has 1 saturated heterocycles. The van der Waals surface area contributed by atoms with Gasteiger partial charge >= 0.3 is 6.09 Å². The van der Waals surface area contributed by atoms with E-state index in [-0.39, 0.29) is 32.4 Å². The topological polar surface area (TPSA) is 71.2 Å². The lowest BCUT2D eigenvalue weighted by molar-refractivity contribution is -0.139. The van der Waals surface area contributed by atoms with Gasteiger partial charge in [-0.05, 0) is 43.2 Å². The fourth-order valence-electron chi connectivity index (χ4n) is 4.72. The zero-order chi connectivity index (χ0) is 22.5. The van der Waals surface area contributed by atoms with Crippen molar-refractivity contribution in [2.24, 2.45) is 5.92 Å². The van der Waals surface area contributed by atoms with Crippen LogP contribution >= 0.6 is 11.6 Å². The van der Waals surface area contributed by atoms with Gasteiger partial charge in [0.25, 0.3) is 5.92 Å². The third-order valence-corrected chi connectivity index (χ3v) is 6.73. The van der Waals surface area contributed by atoms with Gasteiger partial charge in [-0.3, -0.25) is 4.90 Å². The van der Waals surface area contributed by atoms with E-state index >= 15 is 0 Å². The van der Waals surface area contributed by atoms with Gasteiger partial charge in [-0.1, -0.05) is 23.7 Å². The summed E-state index contributed by atoms with van der Waals surface area (Å²) >= 11 is 6.24. The van der Waals surface area contributed by atoms with Crippen LogP contribution in [0.4, 0.5) is 19.3 Å². The minimum atomic E-state index is -2.92. The van der Waals surface area contributed by atoms with Crippen LogP contribution in [0.15, 0.2) is 48.8 Å². The summed E-state index contributed by atoms with van der Waals surface area (Å²) in [5.41, 5.74) is 1.20. The summed E-state index contributed by atoms with van der Waals surface area (Å²) in [6.45, 7) is 0.176. The monoisotopic (exact) mass is 456 g/mol. The van der Waals surface area contributed by atoms with Crippen molar-refractivity contribution in [3.8, 4) is 6.07 Å². The highest BCUT2D eigenvalue weighted by molar-refractivity contribution is 6.33. The second-order valence-electron chi connectivity index (χ2n) is 8.46. The quantitative estimate of drug-likeness (QED) is 0.529. The highest BCUT2D eigenvalue weighted by Gasteiger charge is 2.56. The van der Waals surface area contributed by atoms with Gasteiger partial charge in [0.05, 0.1) is 46.2 Å². The fourth-order valence-corrected chi connectivity index (χ4v) is 4.96. The molecule has 2 heterocycles. The number of nitriles is 1. The molecule has 2 fully saturated rings. The number of nitrogens with zero attached hydrogens (tertiary/aromatic N) is 4. The Morgan fingerprint density at radius 2 is 2.06 bits per heavy atom. The number of hydrogen-bond donors (Lipinski definition) is 0. The molecule has 32 heavy (non-hydrogen) atoms. The molecule has 0 N–H and O–H groups in total. The van der Waals surface area contributed by atoms with Crippen molar-refractivity contribution in [1.82, 2.24) is 9.55 Å². The van der Waals surface area contributed by atoms with Crippen molar-refractivity contribution in [1.29, 1.82) is 5.26 Å². The maximum absolute atomic E-state index is 15.0. The fraction of sp³-hybridized carbons (Fsp3) is 0.348. The normalized spacial score (nSPS) is 24.6. The Hall–Kier alpha value is -3.18. The number of para-hydroxylation sites is 1. The van der Waals surface area contributed by atoms with Crippen LogP contribution in [0.5, 0.6) is 0 Å². The average Bonchev–Trinajstić information content (AvgIpc) is 3.32. The summed E-state index contributed by atoms with van der Waals surface area (Å²) in [5, 5.41) is 9.57. The van der Waals surface area contributed by atoms with Crippen LogP contribution in [-0.4, -0.2) is 33.7 Å². The van der Waals surface area contributed by atoms with E-state index < -0.39 is 23.5 Å². The predicted octanol–water partition coefficient (Wildman–Crippen LogP) is 5.39. The lowest BCUT2D eigenvalue weighted by Gasteiger charge is -2.40. The number of aromatic nitrogens is 2. The largest absolute Gasteiger partial charge is 0.441 e. The number of carbonyl (C=O) groups excluding carboxylic acids is 1. The number of halogens is 3. The predicted molar refractivity (Wildman–Crippen MR) is 115 cm³/mol.